The third-order valence-electron chi connectivity index (χ3n) is 4.49. The molecule has 2 heterocycles. The van der Waals surface area contributed by atoms with E-state index >= 15 is 0 Å². The van der Waals surface area contributed by atoms with E-state index in [2.05, 4.69) is 46.0 Å². The van der Waals surface area contributed by atoms with Gasteiger partial charge in [-0.3, -0.25) is 4.79 Å². The van der Waals surface area contributed by atoms with Gasteiger partial charge >= 0.3 is 0 Å². The zero-order chi connectivity index (χ0) is 15.5. The van der Waals surface area contributed by atoms with Crippen LogP contribution in [0.5, 0.6) is 0 Å². The van der Waals surface area contributed by atoms with Crippen molar-refractivity contribution in [2.75, 3.05) is 13.1 Å². The lowest BCUT2D eigenvalue weighted by atomic mass is 10.1. The fraction of sp³-hybridized carbons (Fsp3) is 0.529. The molecule has 118 valence electrons. The Kier molecular flexibility index (Phi) is 4.43. The molecule has 1 aliphatic rings. The molecule has 1 aromatic carbocycles. The number of nitrogens with one attached hydrogen (secondary N) is 2. The molecule has 1 fully saturated rings. The van der Waals surface area contributed by atoms with Crippen molar-refractivity contribution in [2.45, 2.75) is 45.8 Å². The molecule has 1 aliphatic heterocycles. The molecule has 1 saturated heterocycles. The van der Waals surface area contributed by atoms with Gasteiger partial charge < -0.3 is 10.6 Å². The van der Waals surface area contributed by atoms with E-state index < -0.39 is 0 Å². The van der Waals surface area contributed by atoms with Gasteiger partial charge in [0.05, 0.1) is 13.1 Å². The number of hydrogen-bond acceptors (Lipinski definition) is 2. The minimum Gasteiger partial charge on any atom is -0.349 e. The summed E-state index contributed by atoms with van der Waals surface area (Å²) in [5.41, 5.74) is 3.06. The summed E-state index contributed by atoms with van der Waals surface area (Å²) in [6.45, 7) is 8.07. The molecule has 0 radical (unpaired) electrons. The third-order valence-corrected chi connectivity index (χ3v) is 4.49. The maximum Gasteiger partial charge on any atom is 0.251 e. The number of imidazole rings is 1. The normalized spacial score (nSPS) is 16.1. The highest BCUT2D eigenvalue weighted by molar-refractivity contribution is 5.97. The summed E-state index contributed by atoms with van der Waals surface area (Å²) in [6.07, 6.45) is 4.14. The van der Waals surface area contributed by atoms with E-state index in [9.17, 15) is 4.79 Å². The molecule has 0 aliphatic carbocycles. The predicted molar refractivity (Wildman–Crippen MR) is 86.8 cm³/mol. The van der Waals surface area contributed by atoms with Gasteiger partial charge in [-0.15, -0.1) is 0 Å². The van der Waals surface area contributed by atoms with Gasteiger partial charge in [0.1, 0.15) is 0 Å². The molecule has 22 heavy (non-hydrogen) atoms. The lowest BCUT2D eigenvalue weighted by molar-refractivity contribution is -0.668. The molecule has 0 saturated carbocycles. The molecule has 0 unspecified atom stereocenters. The number of aromatic nitrogens is 2. The standard InChI is InChI=1S/C17H24N4O/c1-3-20-12-21(4-2)16-11-13(5-6-15(16)20)17(22)19-14-7-9-18-10-8-14/h5-6,11-12,14,18H,3-4,7-10H2,1-2H3/p+1. The zero-order valence-corrected chi connectivity index (χ0v) is 13.4. The first-order chi connectivity index (χ1) is 10.7. The van der Waals surface area contributed by atoms with Crippen molar-refractivity contribution in [3.05, 3.63) is 30.1 Å². The Balaban J connectivity index is 1.85. The quantitative estimate of drug-likeness (QED) is 0.840. The van der Waals surface area contributed by atoms with E-state index in [1.54, 1.807) is 0 Å². The maximum absolute atomic E-state index is 12.5. The van der Waals surface area contributed by atoms with Crippen LogP contribution in [0.25, 0.3) is 11.0 Å². The van der Waals surface area contributed by atoms with Gasteiger partial charge in [0, 0.05) is 17.7 Å². The first kappa shape index (κ1) is 15.0. The van der Waals surface area contributed by atoms with Crippen LogP contribution in [-0.2, 0) is 13.1 Å². The largest absolute Gasteiger partial charge is 0.349 e. The number of rotatable bonds is 4. The minimum absolute atomic E-state index is 0.0423. The van der Waals surface area contributed by atoms with E-state index in [0.29, 0.717) is 6.04 Å². The Hall–Kier alpha value is -1.88. The second kappa shape index (κ2) is 6.48. The third kappa shape index (κ3) is 2.86. The fourth-order valence-electron chi connectivity index (χ4n) is 3.17. The fourth-order valence-corrected chi connectivity index (χ4v) is 3.17. The van der Waals surface area contributed by atoms with Crippen molar-refractivity contribution >= 4 is 16.9 Å². The van der Waals surface area contributed by atoms with Crippen LogP contribution in [-0.4, -0.2) is 29.6 Å². The van der Waals surface area contributed by atoms with Crippen LogP contribution < -0.4 is 15.2 Å². The number of fused-ring (bicyclic) bond motifs is 1. The zero-order valence-electron chi connectivity index (χ0n) is 13.4. The van der Waals surface area contributed by atoms with E-state index in [0.717, 1.165) is 50.1 Å². The lowest BCUT2D eigenvalue weighted by Gasteiger charge is -2.23. The molecule has 2 N–H and O–H groups in total. The Morgan fingerprint density at radius 1 is 1.36 bits per heavy atom. The number of aryl methyl sites for hydroxylation is 2. The van der Waals surface area contributed by atoms with Crippen molar-refractivity contribution < 1.29 is 9.36 Å². The number of benzene rings is 1. The highest BCUT2D eigenvalue weighted by Crippen LogP contribution is 2.15. The average Bonchev–Trinajstić information content (AvgIpc) is 2.93. The second-order valence-corrected chi connectivity index (χ2v) is 5.89. The summed E-state index contributed by atoms with van der Waals surface area (Å²) in [5, 5.41) is 6.48. The summed E-state index contributed by atoms with van der Waals surface area (Å²) < 4.78 is 4.41. The predicted octanol–water partition coefficient (Wildman–Crippen LogP) is 1.45. The number of nitrogens with zero attached hydrogens (tertiary/aromatic N) is 2. The molecule has 5 heteroatoms. The van der Waals surface area contributed by atoms with Gasteiger partial charge in [-0.05, 0) is 51.9 Å². The van der Waals surface area contributed by atoms with Crippen LogP contribution in [0.15, 0.2) is 24.5 Å². The van der Waals surface area contributed by atoms with Crippen molar-refractivity contribution in [3.8, 4) is 0 Å². The Labute approximate surface area is 131 Å². The Morgan fingerprint density at radius 3 is 2.82 bits per heavy atom. The van der Waals surface area contributed by atoms with Gasteiger partial charge in [0.25, 0.3) is 5.91 Å². The molecule has 1 aromatic heterocycles. The van der Waals surface area contributed by atoms with Crippen molar-refractivity contribution in [3.63, 3.8) is 0 Å². The highest BCUT2D eigenvalue weighted by Gasteiger charge is 2.19. The van der Waals surface area contributed by atoms with Crippen LogP contribution in [0.1, 0.15) is 37.0 Å². The minimum atomic E-state index is 0.0423. The summed E-state index contributed by atoms with van der Waals surface area (Å²) in [5.74, 6) is 0.0423. The summed E-state index contributed by atoms with van der Waals surface area (Å²) in [6, 6.07) is 6.30. The number of amides is 1. The van der Waals surface area contributed by atoms with Crippen LogP contribution in [0.2, 0.25) is 0 Å². The van der Waals surface area contributed by atoms with Crippen LogP contribution in [0.4, 0.5) is 0 Å². The summed E-state index contributed by atoms with van der Waals surface area (Å²) >= 11 is 0. The smallest absolute Gasteiger partial charge is 0.251 e. The molecule has 1 amide bonds. The molecule has 5 nitrogen and oxygen atoms in total. The SMILES string of the molecule is CCn1c[n+](CC)c2ccc(C(=O)NC3CCNCC3)cc21. The molecule has 0 bridgehead atoms. The van der Waals surface area contributed by atoms with Crippen molar-refractivity contribution in [1.29, 1.82) is 0 Å². The summed E-state index contributed by atoms with van der Waals surface area (Å²) in [7, 11) is 0. The average molecular weight is 301 g/mol. The van der Waals surface area contributed by atoms with Crippen molar-refractivity contribution in [1.82, 2.24) is 15.2 Å². The van der Waals surface area contributed by atoms with Gasteiger partial charge in [0.15, 0.2) is 11.0 Å². The molecule has 2 aromatic rings. The first-order valence-electron chi connectivity index (χ1n) is 8.26. The molecule has 3 rings (SSSR count). The second-order valence-electron chi connectivity index (χ2n) is 5.89. The topological polar surface area (TPSA) is 49.9 Å². The Morgan fingerprint density at radius 2 is 2.14 bits per heavy atom. The van der Waals surface area contributed by atoms with E-state index in [-0.39, 0.29) is 5.91 Å². The van der Waals surface area contributed by atoms with E-state index in [4.69, 9.17) is 0 Å². The highest BCUT2D eigenvalue weighted by atomic mass is 16.1. The number of carbonyl (C=O) groups excluding carboxylic acids is 1. The van der Waals surface area contributed by atoms with Gasteiger partial charge in [0.2, 0.25) is 6.33 Å². The lowest BCUT2D eigenvalue weighted by Crippen LogP contribution is -2.42. The maximum atomic E-state index is 12.5. The molecule has 0 atom stereocenters. The van der Waals surface area contributed by atoms with Gasteiger partial charge in [-0.1, -0.05) is 0 Å². The van der Waals surface area contributed by atoms with E-state index in [1.807, 2.05) is 12.1 Å². The molecule has 0 spiro atoms. The number of hydrogen-bond donors (Lipinski definition) is 2. The molecular formula is C17H25N4O+. The first-order valence-corrected chi connectivity index (χ1v) is 8.26. The van der Waals surface area contributed by atoms with Crippen LogP contribution in [0, 0.1) is 0 Å². The van der Waals surface area contributed by atoms with Crippen LogP contribution in [0.3, 0.4) is 0 Å². The van der Waals surface area contributed by atoms with Crippen LogP contribution >= 0.6 is 0 Å². The van der Waals surface area contributed by atoms with Crippen molar-refractivity contribution in [2.24, 2.45) is 0 Å². The monoisotopic (exact) mass is 301 g/mol. The number of carbonyl (C=O) groups is 1. The molecular weight excluding hydrogens is 276 g/mol. The van der Waals surface area contributed by atoms with Gasteiger partial charge in [-0.25, -0.2) is 9.13 Å². The van der Waals surface area contributed by atoms with E-state index in [1.165, 1.54) is 5.52 Å². The number of piperidine rings is 1. The van der Waals surface area contributed by atoms with Gasteiger partial charge in [-0.2, -0.15) is 0 Å². The summed E-state index contributed by atoms with van der Waals surface area (Å²) in [4.78, 5) is 12.5. The Bertz CT molecular complexity index is 671.